The second-order valence-electron chi connectivity index (χ2n) is 5.93. The van der Waals surface area contributed by atoms with Crippen molar-refractivity contribution in [3.8, 4) is 0 Å². The first-order valence-corrected chi connectivity index (χ1v) is 8.14. The fourth-order valence-corrected chi connectivity index (χ4v) is 3.72. The van der Waals surface area contributed by atoms with Gasteiger partial charge in [-0.2, -0.15) is 0 Å². The molecule has 1 aromatic carbocycles. The molecule has 0 atom stereocenters. The van der Waals surface area contributed by atoms with Gasteiger partial charge in [-0.25, -0.2) is 4.98 Å². The standard InChI is InChI=1S/C15H19N3O2S/c1-3-4-15(5-6-15)9-16-11-7-12-14(21-10(2)17-12)8-13(11)18(19)20/h7-8,16H,3-6,9H2,1-2H3. The van der Waals surface area contributed by atoms with E-state index in [1.54, 1.807) is 6.07 Å². The van der Waals surface area contributed by atoms with Gasteiger partial charge in [-0.1, -0.05) is 13.3 Å². The number of hydrogen-bond donors (Lipinski definition) is 1. The smallest absolute Gasteiger partial charge is 0.293 e. The third-order valence-electron chi connectivity index (χ3n) is 4.20. The molecule has 6 heteroatoms. The van der Waals surface area contributed by atoms with E-state index < -0.39 is 0 Å². The first kappa shape index (κ1) is 14.3. The largest absolute Gasteiger partial charge is 0.379 e. The van der Waals surface area contributed by atoms with Gasteiger partial charge in [0.1, 0.15) is 5.69 Å². The van der Waals surface area contributed by atoms with Crippen LogP contribution in [0.5, 0.6) is 0 Å². The molecule has 2 aromatic rings. The molecular formula is C15H19N3O2S. The Morgan fingerprint density at radius 2 is 2.24 bits per heavy atom. The summed E-state index contributed by atoms with van der Waals surface area (Å²) in [6.07, 6.45) is 4.79. The lowest BCUT2D eigenvalue weighted by Crippen LogP contribution is -2.15. The van der Waals surface area contributed by atoms with Crippen molar-refractivity contribution in [2.45, 2.75) is 39.5 Å². The normalized spacial score (nSPS) is 16.1. The fourth-order valence-electron chi connectivity index (χ4n) is 2.88. The van der Waals surface area contributed by atoms with Crippen LogP contribution in [0.15, 0.2) is 12.1 Å². The maximum atomic E-state index is 11.3. The summed E-state index contributed by atoms with van der Waals surface area (Å²) in [6, 6.07) is 3.46. The number of rotatable bonds is 6. The lowest BCUT2D eigenvalue weighted by Gasteiger charge is -2.15. The average Bonchev–Trinajstić information content (AvgIpc) is 3.09. The number of nitro benzene ring substituents is 1. The number of thiazole rings is 1. The van der Waals surface area contributed by atoms with Crippen molar-refractivity contribution in [1.29, 1.82) is 0 Å². The van der Waals surface area contributed by atoms with Crippen molar-refractivity contribution >= 4 is 32.9 Å². The van der Waals surface area contributed by atoms with Gasteiger partial charge in [-0.05, 0) is 37.7 Å². The van der Waals surface area contributed by atoms with Gasteiger partial charge < -0.3 is 5.32 Å². The lowest BCUT2D eigenvalue weighted by atomic mass is 10.0. The molecule has 0 amide bonds. The minimum atomic E-state index is -0.309. The van der Waals surface area contributed by atoms with E-state index in [0.717, 1.165) is 28.2 Å². The first-order chi connectivity index (χ1) is 10.0. The van der Waals surface area contributed by atoms with Crippen LogP contribution in [0, 0.1) is 22.5 Å². The number of nitro groups is 1. The number of benzene rings is 1. The highest BCUT2D eigenvalue weighted by Gasteiger charge is 2.41. The van der Waals surface area contributed by atoms with E-state index in [1.165, 1.54) is 30.6 Å². The van der Waals surface area contributed by atoms with Crippen molar-refractivity contribution in [1.82, 2.24) is 4.98 Å². The van der Waals surface area contributed by atoms with Gasteiger partial charge in [-0.3, -0.25) is 10.1 Å². The summed E-state index contributed by atoms with van der Waals surface area (Å²) < 4.78 is 0.874. The second-order valence-corrected chi connectivity index (χ2v) is 7.17. The summed E-state index contributed by atoms with van der Waals surface area (Å²) in [5.74, 6) is 0. The zero-order chi connectivity index (χ0) is 15.0. The Balaban J connectivity index is 1.88. The molecule has 1 aliphatic carbocycles. The van der Waals surface area contributed by atoms with E-state index in [0.29, 0.717) is 11.1 Å². The molecule has 1 N–H and O–H groups in total. The molecule has 1 saturated carbocycles. The SMILES string of the molecule is CCCC1(CNc2cc3nc(C)sc3cc2[N+](=O)[O-])CC1. The molecule has 0 bridgehead atoms. The van der Waals surface area contributed by atoms with E-state index in [-0.39, 0.29) is 10.6 Å². The van der Waals surface area contributed by atoms with Gasteiger partial charge in [0, 0.05) is 12.6 Å². The summed E-state index contributed by atoms with van der Waals surface area (Å²) in [5, 5.41) is 15.5. The number of aromatic nitrogens is 1. The highest BCUT2D eigenvalue weighted by molar-refractivity contribution is 7.18. The Bertz CT molecular complexity index is 692. The van der Waals surface area contributed by atoms with Crippen molar-refractivity contribution in [2.24, 2.45) is 5.41 Å². The molecule has 0 aliphatic heterocycles. The Kier molecular flexibility index (Phi) is 3.57. The van der Waals surface area contributed by atoms with E-state index in [4.69, 9.17) is 0 Å². The number of nitrogens with one attached hydrogen (secondary N) is 1. The molecule has 1 fully saturated rings. The topological polar surface area (TPSA) is 68.1 Å². The Morgan fingerprint density at radius 1 is 1.48 bits per heavy atom. The van der Waals surface area contributed by atoms with Crippen LogP contribution in [0.25, 0.3) is 10.2 Å². The zero-order valence-electron chi connectivity index (χ0n) is 12.3. The summed E-state index contributed by atoms with van der Waals surface area (Å²) in [6.45, 7) is 4.92. The van der Waals surface area contributed by atoms with Crippen molar-refractivity contribution in [2.75, 3.05) is 11.9 Å². The Hall–Kier alpha value is -1.69. The van der Waals surface area contributed by atoms with E-state index in [2.05, 4.69) is 17.2 Å². The van der Waals surface area contributed by atoms with Crippen LogP contribution in [-0.2, 0) is 0 Å². The third kappa shape index (κ3) is 2.85. The summed E-state index contributed by atoms with van der Waals surface area (Å²) >= 11 is 1.49. The third-order valence-corrected chi connectivity index (χ3v) is 5.13. The maximum absolute atomic E-state index is 11.3. The van der Waals surface area contributed by atoms with Crippen LogP contribution < -0.4 is 5.32 Å². The predicted octanol–water partition coefficient (Wildman–Crippen LogP) is 4.51. The molecule has 1 aliphatic rings. The van der Waals surface area contributed by atoms with Crippen molar-refractivity contribution in [3.63, 3.8) is 0 Å². The second kappa shape index (κ2) is 5.26. The fraction of sp³-hybridized carbons (Fsp3) is 0.533. The average molecular weight is 305 g/mol. The highest BCUT2D eigenvalue weighted by Crippen LogP contribution is 2.49. The van der Waals surface area contributed by atoms with Crippen LogP contribution >= 0.6 is 11.3 Å². The van der Waals surface area contributed by atoms with Gasteiger partial charge >= 0.3 is 0 Å². The number of anilines is 1. The molecule has 1 heterocycles. The molecule has 0 spiro atoms. The molecule has 0 unspecified atom stereocenters. The summed E-state index contributed by atoms with van der Waals surface area (Å²) in [5.41, 5.74) is 1.94. The molecule has 21 heavy (non-hydrogen) atoms. The molecule has 3 rings (SSSR count). The van der Waals surface area contributed by atoms with E-state index >= 15 is 0 Å². The van der Waals surface area contributed by atoms with Gasteiger partial charge in [0.2, 0.25) is 0 Å². The monoisotopic (exact) mass is 305 g/mol. The van der Waals surface area contributed by atoms with Crippen LogP contribution in [-0.4, -0.2) is 16.5 Å². The molecule has 5 nitrogen and oxygen atoms in total. The minimum absolute atomic E-state index is 0.151. The van der Waals surface area contributed by atoms with Gasteiger partial charge in [0.15, 0.2) is 0 Å². The minimum Gasteiger partial charge on any atom is -0.379 e. The summed E-state index contributed by atoms with van der Waals surface area (Å²) in [7, 11) is 0. The van der Waals surface area contributed by atoms with Gasteiger partial charge in [-0.15, -0.1) is 11.3 Å². The van der Waals surface area contributed by atoms with E-state index in [1.807, 2.05) is 13.0 Å². The number of hydrogen-bond acceptors (Lipinski definition) is 5. The van der Waals surface area contributed by atoms with Crippen LogP contribution in [0.3, 0.4) is 0 Å². The zero-order valence-corrected chi connectivity index (χ0v) is 13.1. The molecule has 1 aromatic heterocycles. The highest BCUT2D eigenvalue weighted by atomic mass is 32.1. The first-order valence-electron chi connectivity index (χ1n) is 7.32. The molecular weight excluding hydrogens is 286 g/mol. The van der Waals surface area contributed by atoms with Crippen LogP contribution in [0.4, 0.5) is 11.4 Å². The van der Waals surface area contributed by atoms with Gasteiger partial charge in [0.25, 0.3) is 5.69 Å². The number of nitrogens with zero attached hydrogens (tertiary/aromatic N) is 2. The van der Waals surface area contributed by atoms with Crippen LogP contribution in [0.1, 0.15) is 37.6 Å². The Labute approximate surface area is 127 Å². The summed E-state index contributed by atoms with van der Waals surface area (Å²) in [4.78, 5) is 15.4. The number of aryl methyl sites for hydroxylation is 1. The van der Waals surface area contributed by atoms with Gasteiger partial charge in [0.05, 0.1) is 20.1 Å². The Morgan fingerprint density at radius 3 is 2.86 bits per heavy atom. The lowest BCUT2D eigenvalue weighted by molar-refractivity contribution is -0.383. The maximum Gasteiger partial charge on any atom is 0.293 e. The molecule has 0 radical (unpaired) electrons. The molecule has 0 saturated heterocycles. The molecule has 112 valence electrons. The van der Waals surface area contributed by atoms with Crippen molar-refractivity contribution in [3.05, 3.63) is 27.3 Å². The van der Waals surface area contributed by atoms with E-state index in [9.17, 15) is 10.1 Å². The quantitative estimate of drug-likeness (QED) is 0.630. The predicted molar refractivity (Wildman–Crippen MR) is 86.1 cm³/mol. The van der Waals surface area contributed by atoms with Crippen molar-refractivity contribution < 1.29 is 4.92 Å². The number of fused-ring (bicyclic) bond motifs is 1. The van der Waals surface area contributed by atoms with Crippen LogP contribution in [0.2, 0.25) is 0 Å².